The van der Waals surface area contributed by atoms with Crippen LogP contribution in [0.15, 0.2) is 38.0 Å². The fourth-order valence-electron chi connectivity index (χ4n) is 3.72. The Kier molecular flexibility index (Phi) is 3.48. The average molecular weight is 340 g/mol. The molecule has 3 aromatic rings. The Morgan fingerprint density at radius 3 is 2.92 bits per heavy atom. The van der Waals surface area contributed by atoms with Crippen molar-refractivity contribution in [2.75, 3.05) is 13.1 Å². The summed E-state index contributed by atoms with van der Waals surface area (Å²) < 4.78 is 12.4. The highest BCUT2D eigenvalue weighted by Crippen LogP contribution is 2.40. The number of rotatable bonds is 5. The van der Waals surface area contributed by atoms with E-state index in [-0.39, 0.29) is 11.8 Å². The van der Waals surface area contributed by atoms with E-state index in [1.807, 2.05) is 24.3 Å². The Morgan fingerprint density at radius 2 is 2.04 bits per heavy atom. The second-order valence-electron chi connectivity index (χ2n) is 6.95. The molecule has 0 bridgehead atoms. The first-order valence-electron chi connectivity index (χ1n) is 8.95. The minimum Gasteiger partial charge on any atom is -0.408 e. The van der Waals surface area contributed by atoms with Crippen LogP contribution in [0.1, 0.15) is 49.4 Å². The van der Waals surface area contributed by atoms with Crippen molar-refractivity contribution in [3.8, 4) is 0 Å². The first kappa shape index (κ1) is 14.9. The Hall–Kier alpha value is -2.41. The van der Waals surface area contributed by atoms with Crippen LogP contribution in [0.4, 0.5) is 0 Å². The lowest BCUT2D eigenvalue weighted by molar-refractivity contribution is 0.232. The van der Waals surface area contributed by atoms with E-state index in [9.17, 15) is 4.79 Å². The fraction of sp³-hybridized carbons (Fsp3) is 0.500. The first-order chi connectivity index (χ1) is 12.3. The van der Waals surface area contributed by atoms with E-state index in [0.717, 1.165) is 56.0 Å². The number of fused-ring (bicyclic) bond motifs is 1. The van der Waals surface area contributed by atoms with Gasteiger partial charge in [-0.2, -0.15) is 4.98 Å². The van der Waals surface area contributed by atoms with Crippen molar-refractivity contribution in [3.63, 3.8) is 0 Å². The van der Waals surface area contributed by atoms with E-state index < -0.39 is 0 Å². The van der Waals surface area contributed by atoms with Gasteiger partial charge in [0.25, 0.3) is 0 Å². The van der Waals surface area contributed by atoms with Crippen LogP contribution in [-0.2, 0) is 6.54 Å². The quantitative estimate of drug-likeness (QED) is 0.711. The van der Waals surface area contributed by atoms with Gasteiger partial charge in [-0.25, -0.2) is 4.79 Å². The smallest absolute Gasteiger partial charge is 0.408 e. The monoisotopic (exact) mass is 340 g/mol. The molecule has 0 radical (unpaired) electrons. The zero-order chi connectivity index (χ0) is 16.8. The third kappa shape index (κ3) is 2.68. The molecule has 7 nitrogen and oxygen atoms in total. The molecule has 1 saturated heterocycles. The topological polar surface area (TPSA) is 77.3 Å². The molecule has 0 N–H and O–H groups in total. The molecule has 7 heteroatoms. The highest BCUT2D eigenvalue weighted by atomic mass is 16.5. The van der Waals surface area contributed by atoms with E-state index >= 15 is 0 Å². The standard InChI is InChI=1S/C18H20N4O3/c23-18-22(13-4-1-2-6-15(13)24-18)11-10-21-9-3-5-14(21)16-19-17(25-20-16)12-7-8-12/h1-2,4,6,12,14H,3,5,7-11H2. The van der Waals surface area contributed by atoms with Gasteiger partial charge in [-0.3, -0.25) is 9.47 Å². The Balaban J connectivity index is 1.34. The van der Waals surface area contributed by atoms with Crippen molar-refractivity contribution in [3.05, 3.63) is 46.5 Å². The lowest BCUT2D eigenvalue weighted by atomic mass is 10.2. The van der Waals surface area contributed by atoms with E-state index in [0.29, 0.717) is 18.0 Å². The maximum Gasteiger partial charge on any atom is 0.419 e. The number of aromatic nitrogens is 3. The van der Waals surface area contributed by atoms with Gasteiger partial charge in [-0.1, -0.05) is 17.3 Å². The van der Waals surface area contributed by atoms with Gasteiger partial charge >= 0.3 is 5.76 Å². The number of para-hydroxylation sites is 2. The Labute approximate surface area is 144 Å². The van der Waals surface area contributed by atoms with E-state index in [2.05, 4.69) is 15.0 Å². The highest BCUT2D eigenvalue weighted by Gasteiger charge is 2.34. The normalized spacial score (nSPS) is 21.4. The van der Waals surface area contributed by atoms with Gasteiger partial charge in [0.15, 0.2) is 11.4 Å². The minimum absolute atomic E-state index is 0.185. The molecule has 1 unspecified atom stereocenters. The summed E-state index contributed by atoms with van der Waals surface area (Å²) in [7, 11) is 0. The average Bonchev–Trinajstić information content (AvgIpc) is 3.05. The van der Waals surface area contributed by atoms with Gasteiger partial charge in [-0.05, 0) is 44.4 Å². The largest absolute Gasteiger partial charge is 0.419 e. The van der Waals surface area contributed by atoms with Gasteiger partial charge in [0.2, 0.25) is 5.89 Å². The number of hydrogen-bond donors (Lipinski definition) is 0. The number of oxazole rings is 1. The van der Waals surface area contributed by atoms with Gasteiger partial charge in [0.05, 0.1) is 11.6 Å². The predicted octanol–water partition coefficient (Wildman–Crippen LogP) is 2.69. The number of benzene rings is 1. The predicted molar refractivity (Wildman–Crippen MR) is 90.3 cm³/mol. The van der Waals surface area contributed by atoms with Gasteiger partial charge in [-0.15, -0.1) is 0 Å². The molecular weight excluding hydrogens is 320 g/mol. The van der Waals surface area contributed by atoms with Crippen molar-refractivity contribution in [1.29, 1.82) is 0 Å². The highest BCUT2D eigenvalue weighted by molar-refractivity contribution is 5.72. The molecule has 130 valence electrons. The molecule has 0 amide bonds. The van der Waals surface area contributed by atoms with Crippen LogP contribution in [0.2, 0.25) is 0 Å². The van der Waals surface area contributed by atoms with Gasteiger partial charge < -0.3 is 8.94 Å². The Morgan fingerprint density at radius 1 is 1.16 bits per heavy atom. The van der Waals surface area contributed by atoms with Crippen LogP contribution >= 0.6 is 0 Å². The molecule has 2 aromatic heterocycles. The Bertz CT molecular complexity index is 953. The molecule has 5 rings (SSSR count). The summed E-state index contributed by atoms with van der Waals surface area (Å²) in [6.45, 7) is 2.35. The summed E-state index contributed by atoms with van der Waals surface area (Å²) in [5.74, 6) is 1.77. The lowest BCUT2D eigenvalue weighted by Gasteiger charge is -2.21. The molecule has 2 aliphatic rings. The zero-order valence-corrected chi connectivity index (χ0v) is 13.9. The van der Waals surface area contributed by atoms with Crippen molar-refractivity contribution in [1.82, 2.24) is 19.6 Å². The molecular formula is C18H20N4O3. The molecule has 3 heterocycles. The first-order valence-corrected chi connectivity index (χ1v) is 8.95. The summed E-state index contributed by atoms with van der Waals surface area (Å²) in [5, 5.41) is 4.21. The van der Waals surface area contributed by atoms with Crippen LogP contribution < -0.4 is 5.76 Å². The van der Waals surface area contributed by atoms with Crippen molar-refractivity contribution in [2.45, 2.75) is 44.2 Å². The third-order valence-corrected chi connectivity index (χ3v) is 5.23. The summed E-state index contributed by atoms with van der Waals surface area (Å²) in [6.07, 6.45) is 4.46. The summed E-state index contributed by atoms with van der Waals surface area (Å²) >= 11 is 0. The van der Waals surface area contributed by atoms with Crippen molar-refractivity contribution >= 4 is 11.1 Å². The van der Waals surface area contributed by atoms with Crippen LogP contribution in [0.5, 0.6) is 0 Å². The summed E-state index contributed by atoms with van der Waals surface area (Å²) in [6, 6.07) is 7.73. The van der Waals surface area contributed by atoms with E-state index in [4.69, 9.17) is 8.94 Å². The SMILES string of the molecule is O=c1oc2ccccc2n1CCN1CCCC1c1noc(C2CC2)n1. The molecule has 25 heavy (non-hydrogen) atoms. The molecule has 1 aliphatic carbocycles. The molecule has 1 atom stereocenters. The second kappa shape index (κ2) is 5.84. The second-order valence-corrected chi connectivity index (χ2v) is 6.95. The van der Waals surface area contributed by atoms with Crippen LogP contribution in [-0.4, -0.2) is 32.7 Å². The number of nitrogens with zero attached hydrogens (tertiary/aromatic N) is 4. The summed E-state index contributed by atoms with van der Waals surface area (Å²) in [5.41, 5.74) is 1.48. The third-order valence-electron chi connectivity index (χ3n) is 5.23. The molecule has 2 fully saturated rings. The molecule has 1 saturated carbocycles. The molecule has 0 spiro atoms. The van der Waals surface area contributed by atoms with Gasteiger partial charge in [0, 0.05) is 19.0 Å². The van der Waals surface area contributed by atoms with Crippen molar-refractivity contribution in [2.24, 2.45) is 0 Å². The maximum absolute atomic E-state index is 12.1. The van der Waals surface area contributed by atoms with Crippen LogP contribution in [0, 0.1) is 0 Å². The van der Waals surface area contributed by atoms with E-state index in [1.165, 1.54) is 0 Å². The van der Waals surface area contributed by atoms with Crippen LogP contribution in [0.3, 0.4) is 0 Å². The zero-order valence-electron chi connectivity index (χ0n) is 13.9. The van der Waals surface area contributed by atoms with Crippen molar-refractivity contribution < 1.29 is 8.94 Å². The van der Waals surface area contributed by atoms with Gasteiger partial charge in [0.1, 0.15) is 0 Å². The lowest BCUT2D eigenvalue weighted by Crippen LogP contribution is -2.30. The fourth-order valence-corrected chi connectivity index (χ4v) is 3.72. The number of likely N-dealkylation sites (tertiary alicyclic amines) is 1. The maximum atomic E-state index is 12.1. The summed E-state index contributed by atoms with van der Waals surface area (Å²) in [4.78, 5) is 19.1. The molecule has 1 aromatic carbocycles. The molecule has 1 aliphatic heterocycles. The minimum atomic E-state index is -0.299. The van der Waals surface area contributed by atoms with Crippen LogP contribution in [0.25, 0.3) is 11.1 Å². The number of hydrogen-bond acceptors (Lipinski definition) is 6. The van der Waals surface area contributed by atoms with E-state index in [1.54, 1.807) is 4.57 Å².